The van der Waals surface area contributed by atoms with Gasteiger partial charge >= 0.3 is 0 Å². The molecule has 2 aliphatic rings. The van der Waals surface area contributed by atoms with Gasteiger partial charge in [-0.3, -0.25) is 4.79 Å². The SMILES string of the molecule is CC(C(=O)N(C)C1CCCCC1C)=C1CNC1. The fourth-order valence-electron chi connectivity index (χ4n) is 2.95. The van der Waals surface area contributed by atoms with Crippen molar-refractivity contribution >= 4 is 5.91 Å². The van der Waals surface area contributed by atoms with Crippen LogP contribution in [0.15, 0.2) is 11.1 Å². The molecule has 1 N–H and O–H groups in total. The Morgan fingerprint density at radius 1 is 1.29 bits per heavy atom. The molecule has 0 radical (unpaired) electrons. The summed E-state index contributed by atoms with van der Waals surface area (Å²) in [5.74, 6) is 0.885. The lowest BCUT2D eigenvalue weighted by molar-refractivity contribution is -0.129. The maximum atomic E-state index is 12.4. The van der Waals surface area contributed by atoms with Crippen LogP contribution >= 0.6 is 0 Å². The number of carbonyl (C=O) groups is 1. The Balaban J connectivity index is 2.03. The standard InChI is InChI=1S/C14H24N2O/c1-10-6-4-5-7-13(10)16(3)14(17)11(2)12-8-15-9-12/h10,13,15H,4-9H2,1-3H3. The van der Waals surface area contributed by atoms with Crippen LogP contribution in [-0.4, -0.2) is 37.0 Å². The van der Waals surface area contributed by atoms with E-state index in [9.17, 15) is 4.79 Å². The molecule has 0 bridgehead atoms. The smallest absolute Gasteiger partial charge is 0.249 e. The van der Waals surface area contributed by atoms with Gasteiger partial charge in [0.1, 0.15) is 0 Å². The summed E-state index contributed by atoms with van der Waals surface area (Å²) in [6.07, 6.45) is 5.03. The predicted molar refractivity (Wildman–Crippen MR) is 69.8 cm³/mol. The molecule has 0 aromatic carbocycles. The van der Waals surface area contributed by atoms with Gasteiger partial charge < -0.3 is 10.2 Å². The van der Waals surface area contributed by atoms with Gasteiger partial charge in [-0.2, -0.15) is 0 Å². The molecule has 1 saturated carbocycles. The van der Waals surface area contributed by atoms with Crippen molar-refractivity contribution in [2.24, 2.45) is 5.92 Å². The molecule has 17 heavy (non-hydrogen) atoms. The topological polar surface area (TPSA) is 32.3 Å². The van der Waals surface area contributed by atoms with Gasteiger partial charge in [-0.05, 0) is 31.3 Å². The van der Waals surface area contributed by atoms with Crippen molar-refractivity contribution in [3.05, 3.63) is 11.1 Å². The Morgan fingerprint density at radius 3 is 2.47 bits per heavy atom. The van der Waals surface area contributed by atoms with Gasteiger partial charge in [-0.1, -0.05) is 19.8 Å². The first kappa shape index (κ1) is 12.6. The van der Waals surface area contributed by atoms with E-state index in [0.29, 0.717) is 12.0 Å². The molecule has 1 amide bonds. The van der Waals surface area contributed by atoms with Crippen LogP contribution in [0.3, 0.4) is 0 Å². The number of hydrogen-bond donors (Lipinski definition) is 1. The number of nitrogens with zero attached hydrogens (tertiary/aromatic N) is 1. The second-order valence-corrected chi connectivity index (χ2v) is 5.58. The summed E-state index contributed by atoms with van der Waals surface area (Å²) in [5.41, 5.74) is 2.24. The van der Waals surface area contributed by atoms with Gasteiger partial charge in [0.15, 0.2) is 0 Å². The van der Waals surface area contributed by atoms with E-state index in [-0.39, 0.29) is 5.91 Å². The van der Waals surface area contributed by atoms with Crippen LogP contribution in [0.2, 0.25) is 0 Å². The summed E-state index contributed by atoms with van der Waals surface area (Å²) in [7, 11) is 1.98. The number of hydrogen-bond acceptors (Lipinski definition) is 2. The van der Waals surface area contributed by atoms with Crippen LogP contribution in [0, 0.1) is 5.92 Å². The van der Waals surface area contributed by atoms with Gasteiger partial charge in [0.25, 0.3) is 0 Å². The van der Waals surface area contributed by atoms with Gasteiger partial charge in [0.2, 0.25) is 5.91 Å². The monoisotopic (exact) mass is 236 g/mol. The molecule has 1 aliphatic heterocycles. The number of likely N-dealkylation sites (N-methyl/N-ethyl adjacent to an activating group) is 1. The third-order valence-electron chi connectivity index (χ3n) is 4.41. The molecule has 2 unspecified atom stereocenters. The highest BCUT2D eigenvalue weighted by atomic mass is 16.2. The van der Waals surface area contributed by atoms with E-state index in [2.05, 4.69) is 12.2 Å². The summed E-state index contributed by atoms with van der Waals surface area (Å²) in [5, 5.41) is 3.20. The summed E-state index contributed by atoms with van der Waals surface area (Å²) >= 11 is 0. The molecular weight excluding hydrogens is 212 g/mol. The molecule has 0 aromatic heterocycles. The van der Waals surface area contributed by atoms with Crippen molar-refractivity contribution in [2.75, 3.05) is 20.1 Å². The largest absolute Gasteiger partial charge is 0.339 e. The highest BCUT2D eigenvalue weighted by Crippen LogP contribution is 2.28. The van der Waals surface area contributed by atoms with Crippen molar-refractivity contribution in [1.82, 2.24) is 10.2 Å². The molecule has 96 valence electrons. The highest BCUT2D eigenvalue weighted by Gasteiger charge is 2.29. The Labute approximate surface area is 104 Å². The van der Waals surface area contributed by atoms with Crippen molar-refractivity contribution in [3.8, 4) is 0 Å². The first-order valence-corrected chi connectivity index (χ1v) is 6.77. The highest BCUT2D eigenvalue weighted by molar-refractivity contribution is 5.94. The van der Waals surface area contributed by atoms with E-state index in [4.69, 9.17) is 0 Å². The van der Waals surface area contributed by atoms with Crippen LogP contribution in [0.5, 0.6) is 0 Å². The van der Waals surface area contributed by atoms with E-state index in [1.54, 1.807) is 0 Å². The van der Waals surface area contributed by atoms with Crippen LogP contribution in [0.25, 0.3) is 0 Å². The van der Waals surface area contributed by atoms with Gasteiger partial charge in [0.05, 0.1) is 0 Å². The third kappa shape index (κ3) is 2.54. The lowest BCUT2D eigenvalue weighted by Gasteiger charge is -2.37. The van der Waals surface area contributed by atoms with Crippen molar-refractivity contribution in [1.29, 1.82) is 0 Å². The number of rotatable bonds is 2. The average molecular weight is 236 g/mol. The molecular formula is C14H24N2O. The molecule has 3 nitrogen and oxygen atoms in total. The number of carbonyl (C=O) groups excluding carboxylic acids is 1. The average Bonchev–Trinajstić information content (AvgIpc) is 2.25. The summed E-state index contributed by atoms with van der Waals surface area (Å²) in [6.45, 7) is 6.04. The summed E-state index contributed by atoms with van der Waals surface area (Å²) in [4.78, 5) is 14.4. The van der Waals surface area contributed by atoms with Gasteiger partial charge in [-0.15, -0.1) is 0 Å². The Bertz CT molecular complexity index is 329. The van der Waals surface area contributed by atoms with Crippen molar-refractivity contribution in [2.45, 2.75) is 45.6 Å². The van der Waals surface area contributed by atoms with Gasteiger partial charge in [0, 0.05) is 31.8 Å². The molecule has 1 heterocycles. The van der Waals surface area contributed by atoms with Crippen LogP contribution in [0.1, 0.15) is 39.5 Å². The number of amides is 1. The zero-order valence-electron chi connectivity index (χ0n) is 11.3. The van der Waals surface area contributed by atoms with Crippen LogP contribution < -0.4 is 5.32 Å². The zero-order valence-corrected chi connectivity index (χ0v) is 11.3. The predicted octanol–water partition coefficient (Wildman–Crippen LogP) is 1.94. The molecule has 2 atom stereocenters. The minimum atomic E-state index is 0.236. The Morgan fingerprint density at radius 2 is 1.94 bits per heavy atom. The molecule has 3 heteroatoms. The lowest BCUT2D eigenvalue weighted by Crippen LogP contribution is -2.44. The third-order valence-corrected chi connectivity index (χ3v) is 4.41. The number of nitrogens with one attached hydrogen (secondary N) is 1. The molecule has 2 fully saturated rings. The van der Waals surface area contributed by atoms with Gasteiger partial charge in [-0.25, -0.2) is 0 Å². The fourth-order valence-corrected chi connectivity index (χ4v) is 2.95. The van der Waals surface area contributed by atoms with Crippen LogP contribution in [-0.2, 0) is 4.79 Å². The Hall–Kier alpha value is -0.830. The molecule has 0 spiro atoms. The lowest BCUT2D eigenvalue weighted by atomic mass is 9.84. The normalized spacial score (nSPS) is 28.5. The summed E-state index contributed by atoms with van der Waals surface area (Å²) in [6, 6.07) is 0.444. The van der Waals surface area contributed by atoms with E-state index in [0.717, 1.165) is 18.7 Å². The first-order valence-electron chi connectivity index (χ1n) is 6.77. The second kappa shape index (κ2) is 5.21. The molecule has 1 aliphatic carbocycles. The van der Waals surface area contributed by atoms with Crippen LogP contribution in [0.4, 0.5) is 0 Å². The maximum absolute atomic E-state index is 12.4. The van der Waals surface area contributed by atoms with E-state index in [1.807, 2.05) is 18.9 Å². The fraction of sp³-hybridized carbons (Fsp3) is 0.786. The summed E-state index contributed by atoms with van der Waals surface area (Å²) < 4.78 is 0. The van der Waals surface area contributed by atoms with E-state index < -0.39 is 0 Å². The molecule has 2 rings (SSSR count). The minimum absolute atomic E-state index is 0.236. The van der Waals surface area contributed by atoms with E-state index >= 15 is 0 Å². The second-order valence-electron chi connectivity index (χ2n) is 5.58. The van der Waals surface area contributed by atoms with Crippen molar-refractivity contribution in [3.63, 3.8) is 0 Å². The molecule has 0 aromatic rings. The van der Waals surface area contributed by atoms with E-state index in [1.165, 1.54) is 31.3 Å². The molecule has 1 saturated heterocycles. The minimum Gasteiger partial charge on any atom is -0.339 e. The Kier molecular flexibility index (Phi) is 3.87. The first-order chi connectivity index (χ1) is 8.11. The quantitative estimate of drug-likeness (QED) is 0.743. The maximum Gasteiger partial charge on any atom is 0.249 e. The van der Waals surface area contributed by atoms with Crippen molar-refractivity contribution < 1.29 is 4.79 Å². The zero-order chi connectivity index (χ0) is 12.4.